The first kappa shape index (κ1) is 16.0. The standard InChI is InChI=1S/C18H28N2O/c1-3-5-6-7-10-15(21)14-18-19-16-11-8-9-12-17(16)20(18)13-4-2/h8-9,11-12,15,21H,3-7,10,13-14H2,1-2H3. The second kappa shape index (κ2) is 8.18. The molecule has 0 bridgehead atoms. The van der Waals surface area contributed by atoms with Crippen molar-refractivity contribution in [2.24, 2.45) is 0 Å². The lowest BCUT2D eigenvalue weighted by atomic mass is 10.1. The lowest BCUT2D eigenvalue weighted by Gasteiger charge is -2.12. The summed E-state index contributed by atoms with van der Waals surface area (Å²) in [6.45, 7) is 5.36. The molecule has 0 saturated heterocycles. The first-order chi connectivity index (χ1) is 10.3. The molecule has 1 N–H and O–H groups in total. The van der Waals surface area contributed by atoms with Crippen LogP contribution in [0.5, 0.6) is 0 Å². The molecule has 0 radical (unpaired) electrons. The van der Waals surface area contributed by atoms with Crippen LogP contribution in [0.1, 0.15) is 58.2 Å². The number of unbranched alkanes of at least 4 members (excludes halogenated alkanes) is 3. The molecule has 0 aliphatic rings. The summed E-state index contributed by atoms with van der Waals surface area (Å²) in [5.74, 6) is 1.03. The first-order valence-electron chi connectivity index (χ1n) is 8.38. The predicted octanol–water partition coefficient (Wildman–Crippen LogP) is 4.32. The molecule has 2 aromatic rings. The summed E-state index contributed by atoms with van der Waals surface area (Å²) in [5.41, 5.74) is 2.23. The fraction of sp³-hybridized carbons (Fsp3) is 0.611. The van der Waals surface area contributed by atoms with Gasteiger partial charge in [0.25, 0.3) is 0 Å². The molecular formula is C18H28N2O. The molecule has 1 aromatic carbocycles. The molecule has 0 fully saturated rings. The molecule has 0 spiro atoms. The van der Waals surface area contributed by atoms with Gasteiger partial charge in [-0.3, -0.25) is 0 Å². The van der Waals surface area contributed by atoms with Crippen molar-refractivity contribution in [2.75, 3.05) is 0 Å². The molecule has 116 valence electrons. The summed E-state index contributed by atoms with van der Waals surface area (Å²) < 4.78 is 2.27. The lowest BCUT2D eigenvalue weighted by Crippen LogP contribution is -2.15. The summed E-state index contributed by atoms with van der Waals surface area (Å²) in [7, 11) is 0. The quantitative estimate of drug-likeness (QED) is 0.698. The van der Waals surface area contributed by atoms with E-state index in [0.29, 0.717) is 6.42 Å². The average molecular weight is 288 g/mol. The van der Waals surface area contributed by atoms with E-state index in [2.05, 4.69) is 36.6 Å². The molecule has 0 aliphatic heterocycles. The SMILES string of the molecule is CCCCCCC(O)Cc1nc2ccccc2n1CCC. The van der Waals surface area contributed by atoms with Gasteiger partial charge in [0.05, 0.1) is 17.1 Å². The van der Waals surface area contributed by atoms with Crippen LogP contribution in [-0.4, -0.2) is 20.8 Å². The Balaban J connectivity index is 2.04. The van der Waals surface area contributed by atoms with Gasteiger partial charge in [0.15, 0.2) is 0 Å². The van der Waals surface area contributed by atoms with E-state index in [4.69, 9.17) is 4.98 Å². The minimum absolute atomic E-state index is 0.269. The number of aliphatic hydroxyl groups is 1. The molecule has 1 aromatic heterocycles. The molecule has 1 atom stereocenters. The van der Waals surface area contributed by atoms with Gasteiger partial charge in [-0.05, 0) is 25.0 Å². The van der Waals surface area contributed by atoms with Crippen molar-refractivity contribution in [3.63, 3.8) is 0 Å². The van der Waals surface area contributed by atoms with Crippen LogP contribution in [0.3, 0.4) is 0 Å². The minimum atomic E-state index is -0.269. The van der Waals surface area contributed by atoms with E-state index in [1.807, 2.05) is 6.07 Å². The molecule has 0 saturated carbocycles. The Labute approximate surface area is 128 Å². The summed E-state index contributed by atoms with van der Waals surface area (Å²) in [5, 5.41) is 10.3. The smallest absolute Gasteiger partial charge is 0.112 e. The maximum atomic E-state index is 10.3. The summed E-state index contributed by atoms with van der Waals surface area (Å²) in [6, 6.07) is 8.26. The zero-order chi connectivity index (χ0) is 15.1. The highest BCUT2D eigenvalue weighted by Gasteiger charge is 2.13. The van der Waals surface area contributed by atoms with Gasteiger partial charge < -0.3 is 9.67 Å². The second-order valence-corrected chi connectivity index (χ2v) is 5.88. The van der Waals surface area contributed by atoms with Gasteiger partial charge in [0.2, 0.25) is 0 Å². The zero-order valence-corrected chi connectivity index (χ0v) is 13.4. The maximum absolute atomic E-state index is 10.3. The number of aryl methyl sites for hydroxylation is 1. The average Bonchev–Trinajstić information content (AvgIpc) is 2.82. The van der Waals surface area contributed by atoms with Gasteiger partial charge in [0, 0.05) is 13.0 Å². The molecule has 1 unspecified atom stereocenters. The van der Waals surface area contributed by atoms with Gasteiger partial charge >= 0.3 is 0 Å². The number of para-hydroxylation sites is 2. The van der Waals surface area contributed by atoms with Crippen LogP contribution in [-0.2, 0) is 13.0 Å². The monoisotopic (exact) mass is 288 g/mol. The second-order valence-electron chi connectivity index (χ2n) is 5.88. The van der Waals surface area contributed by atoms with Crippen LogP contribution in [0.2, 0.25) is 0 Å². The third-order valence-corrected chi connectivity index (χ3v) is 3.99. The van der Waals surface area contributed by atoms with E-state index < -0.39 is 0 Å². The lowest BCUT2D eigenvalue weighted by molar-refractivity contribution is 0.157. The number of aromatic nitrogens is 2. The van der Waals surface area contributed by atoms with Gasteiger partial charge in [-0.2, -0.15) is 0 Å². The number of aliphatic hydroxyl groups excluding tert-OH is 1. The van der Waals surface area contributed by atoms with Crippen LogP contribution in [0.25, 0.3) is 11.0 Å². The number of hydrogen-bond donors (Lipinski definition) is 1. The summed E-state index contributed by atoms with van der Waals surface area (Å²) in [4.78, 5) is 4.72. The van der Waals surface area contributed by atoms with E-state index in [-0.39, 0.29) is 6.10 Å². The highest BCUT2D eigenvalue weighted by Crippen LogP contribution is 2.19. The maximum Gasteiger partial charge on any atom is 0.112 e. The van der Waals surface area contributed by atoms with Crippen molar-refractivity contribution in [3.05, 3.63) is 30.1 Å². The van der Waals surface area contributed by atoms with Crippen LogP contribution in [0.4, 0.5) is 0 Å². The van der Waals surface area contributed by atoms with Crippen LogP contribution >= 0.6 is 0 Å². The molecular weight excluding hydrogens is 260 g/mol. The molecule has 0 aliphatic carbocycles. The van der Waals surface area contributed by atoms with Crippen LogP contribution < -0.4 is 0 Å². The van der Waals surface area contributed by atoms with Gasteiger partial charge in [0.1, 0.15) is 5.82 Å². The number of benzene rings is 1. The van der Waals surface area contributed by atoms with Gasteiger partial charge in [-0.25, -0.2) is 4.98 Å². The van der Waals surface area contributed by atoms with Crippen molar-refractivity contribution in [3.8, 4) is 0 Å². The zero-order valence-electron chi connectivity index (χ0n) is 13.4. The first-order valence-corrected chi connectivity index (χ1v) is 8.38. The van der Waals surface area contributed by atoms with E-state index >= 15 is 0 Å². The van der Waals surface area contributed by atoms with Crippen LogP contribution in [0, 0.1) is 0 Å². The Hall–Kier alpha value is -1.35. The Morgan fingerprint density at radius 2 is 1.90 bits per heavy atom. The highest BCUT2D eigenvalue weighted by molar-refractivity contribution is 5.75. The topological polar surface area (TPSA) is 38.1 Å². The Bertz CT molecular complexity index is 547. The highest BCUT2D eigenvalue weighted by atomic mass is 16.3. The molecule has 3 nitrogen and oxygen atoms in total. The predicted molar refractivity (Wildman–Crippen MR) is 88.5 cm³/mol. The van der Waals surface area contributed by atoms with E-state index in [1.165, 1.54) is 24.8 Å². The third kappa shape index (κ3) is 4.31. The Morgan fingerprint density at radius 3 is 2.67 bits per heavy atom. The molecule has 2 rings (SSSR count). The summed E-state index contributed by atoms with van der Waals surface area (Å²) in [6.07, 6.45) is 7.20. The normalized spacial score (nSPS) is 12.9. The van der Waals surface area contributed by atoms with Crippen molar-refractivity contribution in [1.82, 2.24) is 9.55 Å². The number of nitrogens with zero attached hydrogens (tertiary/aromatic N) is 2. The third-order valence-electron chi connectivity index (χ3n) is 3.99. The van der Waals surface area contributed by atoms with Crippen LogP contribution in [0.15, 0.2) is 24.3 Å². The summed E-state index contributed by atoms with van der Waals surface area (Å²) >= 11 is 0. The van der Waals surface area contributed by atoms with Gasteiger partial charge in [-0.15, -0.1) is 0 Å². The molecule has 21 heavy (non-hydrogen) atoms. The minimum Gasteiger partial charge on any atom is -0.393 e. The van der Waals surface area contributed by atoms with E-state index in [0.717, 1.165) is 37.1 Å². The van der Waals surface area contributed by atoms with Crippen molar-refractivity contribution < 1.29 is 5.11 Å². The largest absolute Gasteiger partial charge is 0.393 e. The number of fused-ring (bicyclic) bond motifs is 1. The Morgan fingerprint density at radius 1 is 1.10 bits per heavy atom. The van der Waals surface area contributed by atoms with E-state index in [1.54, 1.807) is 0 Å². The number of rotatable bonds is 9. The number of imidazole rings is 1. The van der Waals surface area contributed by atoms with Crippen molar-refractivity contribution >= 4 is 11.0 Å². The van der Waals surface area contributed by atoms with E-state index in [9.17, 15) is 5.11 Å². The Kier molecular flexibility index (Phi) is 6.24. The fourth-order valence-corrected chi connectivity index (χ4v) is 2.87. The number of hydrogen-bond acceptors (Lipinski definition) is 2. The molecule has 0 amide bonds. The van der Waals surface area contributed by atoms with Gasteiger partial charge in [-0.1, -0.05) is 51.7 Å². The molecule has 1 heterocycles. The fourth-order valence-electron chi connectivity index (χ4n) is 2.87. The van der Waals surface area contributed by atoms with Crippen molar-refractivity contribution in [2.45, 2.75) is 71.4 Å². The molecule has 3 heteroatoms. The van der Waals surface area contributed by atoms with Crippen molar-refractivity contribution in [1.29, 1.82) is 0 Å².